The number of hydrogen-bond acceptors (Lipinski definition) is 3. The fraction of sp³-hybridized carbons (Fsp3) is 0.250. The molecule has 2 rings (SSSR count). The fourth-order valence-electron chi connectivity index (χ4n) is 1.82. The van der Waals surface area contributed by atoms with Crippen LogP contribution in [0, 0.1) is 6.92 Å². The van der Waals surface area contributed by atoms with E-state index < -0.39 is 23.6 Å². The minimum absolute atomic E-state index is 0.0206. The molecule has 0 atom stereocenters. The first kappa shape index (κ1) is 13.9. The van der Waals surface area contributed by atoms with Gasteiger partial charge >= 0.3 is 12.5 Å². The first-order valence-corrected chi connectivity index (χ1v) is 5.65. The first-order chi connectivity index (χ1) is 9.41. The van der Waals surface area contributed by atoms with Crippen LogP contribution in [0.5, 0.6) is 0 Å². The van der Waals surface area contributed by atoms with Gasteiger partial charge in [-0.25, -0.2) is 9.78 Å². The Morgan fingerprint density at radius 3 is 2.75 bits per heavy atom. The number of hydrogen-bond donors (Lipinski definition) is 1. The Bertz CT molecular complexity index is 706. The number of aryl methyl sites for hydroxylation is 1. The van der Waals surface area contributed by atoms with Gasteiger partial charge in [0.2, 0.25) is 0 Å². The van der Waals surface area contributed by atoms with E-state index in [9.17, 15) is 18.4 Å². The molecule has 0 unspecified atom stereocenters. The van der Waals surface area contributed by atoms with Crippen molar-refractivity contribution in [3.8, 4) is 0 Å². The maximum atomic E-state index is 12.7. The third-order valence-corrected chi connectivity index (χ3v) is 2.88. The van der Waals surface area contributed by atoms with Gasteiger partial charge in [-0.05, 0) is 19.1 Å². The lowest BCUT2D eigenvalue weighted by Crippen LogP contribution is -2.29. The van der Waals surface area contributed by atoms with Crippen molar-refractivity contribution in [3.63, 3.8) is 0 Å². The number of pyridine rings is 1. The number of rotatable bonds is 4. The molecular weight excluding hydrogens is 272 g/mol. The summed E-state index contributed by atoms with van der Waals surface area (Å²) >= 11 is 0. The maximum Gasteiger partial charge on any atom is 0.341 e. The highest BCUT2D eigenvalue weighted by Gasteiger charge is 2.16. The quantitative estimate of drug-likeness (QED) is 0.922. The molecule has 2 aromatic rings. The number of aromatic nitrogens is 3. The van der Waals surface area contributed by atoms with Crippen LogP contribution in [0.4, 0.5) is 8.78 Å². The van der Waals surface area contributed by atoms with Crippen LogP contribution >= 0.6 is 0 Å². The highest BCUT2D eigenvalue weighted by Crippen LogP contribution is 2.13. The van der Waals surface area contributed by atoms with Gasteiger partial charge in [0.15, 0.2) is 0 Å². The van der Waals surface area contributed by atoms with Crippen LogP contribution in [0.3, 0.4) is 0 Å². The summed E-state index contributed by atoms with van der Waals surface area (Å²) < 4.78 is 27.2. The van der Waals surface area contributed by atoms with Crippen molar-refractivity contribution in [2.24, 2.45) is 0 Å². The van der Waals surface area contributed by atoms with Crippen molar-refractivity contribution in [1.29, 1.82) is 0 Å². The van der Waals surface area contributed by atoms with Gasteiger partial charge in [0.25, 0.3) is 5.56 Å². The van der Waals surface area contributed by atoms with Gasteiger partial charge in [-0.15, -0.1) is 0 Å². The second kappa shape index (κ2) is 5.24. The molecule has 106 valence electrons. The van der Waals surface area contributed by atoms with Crippen molar-refractivity contribution >= 4 is 5.97 Å². The topological polar surface area (TPSA) is 77.1 Å². The lowest BCUT2D eigenvalue weighted by molar-refractivity contribution is 0.0661. The zero-order valence-corrected chi connectivity index (χ0v) is 10.5. The SMILES string of the molecule is Cc1ccc(C(=O)O)c(=O)n1Cc1nccn1C(F)F. The number of carbonyl (C=O) groups is 1. The molecule has 1 N–H and O–H groups in total. The Kier molecular flexibility index (Phi) is 3.64. The van der Waals surface area contributed by atoms with E-state index in [0.29, 0.717) is 10.3 Å². The smallest absolute Gasteiger partial charge is 0.341 e. The van der Waals surface area contributed by atoms with Gasteiger partial charge in [-0.1, -0.05) is 0 Å². The van der Waals surface area contributed by atoms with E-state index in [1.165, 1.54) is 18.3 Å². The van der Waals surface area contributed by atoms with Crippen LogP contribution in [0.2, 0.25) is 0 Å². The summed E-state index contributed by atoms with van der Waals surface area (Å²) in [5.41, 5.74) is -0.698. The number of aromatic carboxylic acids is 1. The molecule has 0 aromatic carbocycles. The predicted molar refractivity (Wildman–Crippen MR) is 65.0 cm³/mol. The Balaban J connectivity index is 2.48. The van der Waals surface area contributed by atoms with Crippen LogP contribution in [0.1, 0.15) is 28.4 Å². The standard InChI is InChI=1S/C12H11F2N3O3/c1-7-2-3-8(11(19)20)10(18)17(7)6-9-15-4-5-16(9)12(13)14/h2-5,12H,6H2,1H3,(H,19,20). The molecule has 0 aliphatic carbocycles. The third kappa shape index (κ3) is 2.44. The second-order valence-electron chi connectivity index (χ2n) is 4.11. The number of halogens is 2. The lowest BCUT2D eigenvalue weighted by atomic mass is 10.2. The van der Waals surface area contributed by atoms with Crippen molar-refractivity contribution in [3.05, 3.63) is 52.0 Å². The minimum Gasteiger partial charge on any atom is -0.477 e. The summed E-state index contributed by atoms with van der Waals surface area (Å²) in [6.07, 6.45) is 2.30. The molecule has 2 heterocycles. The zero-order valence-electron chi connectivity index (χ0n) is 10.5. The number of alkyl halides is 2. The van der Waals surface area contributed by atoms with E-state index in [4.69, 9.17) is 5.11 Å². The molecular formula is C12H11F2N3O3. The summed E-state index contributed by atoms with van der Waals surface area (Å²) in [6, 6.07) is 2.64. The van der Waals surface area contributed by atoms with Crippen molar-refractivity contribution < 1.29 is 18.7 Å². The molecule has 0 amide bonds. The van der Waals surface area contributed by atoms with Crippen molar-refractivity contribution in [2.75, 3.05) is 0 Å². The van der Waals surface area contributed by atoms with Gasteiger partial charge < -0.3 is 9.67 Å². The van der Waals surface area contributed by atoms with E-state index in [-0.39, 0.29) is 12.4 Å². The van der Waals surface area contributed by atoms with Gasteiger partial charge in [-0.3, -0.25) is 9.36 Å². The second-order valence-corrected chi connectivity index (χ2v) is 4.11. The Labute approximate surface area is 111 Å². The molecule has 0 fully saturated rings. The van der Waals surface area contributed by atoms with Crippen LogP contribution in [0.15, 0.2) is 29.3 Å². The number of nitrogens with zero attached hydrogens (tertiary/aromatic N) is 3. The van der Waals surface area contributed by atoms with Crippen molar-refractivity contribution in [1.82, 2.24) is 14.1 Å². The molecule has 0 saturated heterocycles. The molecule has 0 spiro atoms. The average molecular weight is 283 g/mol. The molecule has 0 saturated carbocycles. The normalized spacial score (nSPS) is 11.0. The van der Waals surface area contributed by atoms with Gasteiger partial charge in [0.1, 0.15) is 11.4 Å². The largest absolute Gasteiger partial charge is 0.477 e. The number of carboxylic acid groups (broad SMARTS) is 1. The average Bonchev–Trinajstić information content (AvgIpc) is 2.82. The predicted octanol–water partition coefficient (Wildman–Crippen LogP) is 1.49. The van der Waals surface area contributed by atoms with Gasteiger partial charge in [0, 0.05) is 18.1 Å². The summed E-state index contributed by atoms with van der Waals surface area (Å²) in [7, 11) is 0. The van der Waals surface area contributed by atoms with E-state index in [1.54, 1.807) is 6.92 Å². The van der Waals surface area contributed by atoms with E-state index in [1.807, 2.05) is 0 Å². The molecule has 20 heavy (non-hydrogen) atoms. The van der Waals surface area contributed by atoms with Gasteiger partial charge in [-0.2, -0.15) is 8.78 Å². The Morgan fingerprint density at radius 1 is 1.45 bits per heavy atom. The summed E-state index contributed by atoms with van der Waals surface area (Å²) in [5, 5.41) is 8.90. The number of carboxylic acids is 1. The molecule has 0 aliphatic rings. The van der Waals surface area contributed by atoms with Crippen molar-refractivity contribution in [2.45, 2.75) is 20.0 Å². The molecule has 2 aromatic heterocycles. The highest BCUT2D eigenvalue weighted by molar-refractivity contribution is 5.87. The molecule has 6 nitrogen and oxygen atoms in total. The highest BCUT2D eigenvalue weighted by atomic mass is 19.3. The van der Waals surface area contributed by atoms with E-state index in [0.717, 1.165) is 10.8 Å². The maximum absolute atomic E-state index is 12.7. The first-order valence-electron chi connectivity index (χ1n) is 5.65. The monoisotopic (exact) mass is 283 g/mol. The molecule has 0 bridgehead atoms. The molecule has 0 aliphatic heterocycles. The van der Waals surface area contributed by atoms with Crippen LogP contribution in [-0.2, 0) is 6.54 Å². The van der Waals surface area contributed by atoms with Crippen LogP contribution < -0.4 is 5.56 Å². The fourth-order valence-corrected chi connectivity index (χ4v) is 1.82. The van der Waals surface area contributed by atoms with E-state index in [2.05, 4.69) is 4.98 Å². The molecule has 8 heteroatoms. The molecule has 0 radical (unpaired) electrons. The summed E-state index contributed by atoms with van der Waals surface area (Å²) in [5.74, 6) is -1.38. The summed E-state index contributed by atoms with van der Waals surface area (Å²) in [6.45, 7) is -1.41. The van der Waals surface area contributed by atoms with Gasteiger partial charge in [0.05, 0.1) is 6.54 Å². The lowest BCUT2D eigenvalue weighted by Gasteiger charge is -2.12. The third-order valence-electron chi connectivity index (χ3n) is 2.88. The summed E-state index contributed by atoms with van der Waals surface area (Å²) in [4.78, 5) is 26.7. The zero-order chi connectivity index (χ0) is 14.9. The minimum atomic E-state index is -2.77. The number of imidazole rings is 1. The van der Waals surface area contributed by atoms with Crippen LogP contribution in [0.25, 0.3) is 0 Å². The Hall–Kier alpha value is -2.51. The Morgan fingerprint density at radius 2 is 2.15 bits per heavy atom. The van der Waals surface area contributed by atoms with Crippen LogP contribution in [-0.4, -0.2) is 25.2 Å². The van der Waals surface area contributed by atoms with E-state index >= 15 is 0 Å².